The Morgan fingerprint density at radius 2 is 2.15 bits per heavy atom. The Morgan fingerprint density at radius 3 is 2.81 bits per heavy atom. The van der Waals surface area contributed by atoms with Crippen LogP contribution < -0.4 is 9.64 Å². The topological polar surface area (TPSA) is 92.4 Å². The average molecular weight is 375 g/mol. The third-order valence-corrected chi connectivity index (χ3v) is 3.93. The standard InChI is InChI=1S/C16H16F3NO6/c17-16(18,19)14(22)3-4-24-9-1-2-11-12(8-25-13(11)5-9)20-6-10(7-21)26-15(20)23/h1-2,5,8,10,14,21-22H,3-4,6-7H2/t10-,14+/m0/s1. The molecule has 0 aliphatic carbocycles. The number of benzene rings is 1. The van der Waals surface area contributed by atoms with Crippen LogP contribution in [0.3, 0.4) is 0 Å². The van der Waals surface area contributed by atoms with Gasteiger partial charge in [-0.3, -0.25) is 4.90 Å². The van der Waals surface area contributed by atoms with E-state index in [0.717, 1.165) is 0 Å². The van der Waals surface area contributed by atoms with E-state index in [0.29, 0.717) is 16.7 Å². The lowest BCUT2D eigenvalue weighted by Gasteiger charge is -2.14. The monoisotopic (exact) mass is 375 g/mol. The van der Waals surface area contributed by atoms with Crippen LogP contribution in [0, 0.1) is 0 Å². The molecule has 2 atom stereocenters. The van der Waals surface area contributed by atoms with Gasteiger partial charge in [0.1, 0.15) is 23.7 Å². The molecule has 0 spiro atoms. The van der Waals surface area contributed by atoms with Crippen molar-refractivity contribution in [1.29, 1.82) is 0 Å². The number of amides is 1. The van der Waals surface area contributed by atoms with E-state index >= 15 is 0 Å². The van der Waals surface area contributed by atoms with Crippen LogP contribution in [0.25, 0.3) is 11.0 Å². The van der Waals surface area contributed by atoms with Crippen molar-refractivity contribution in [3.05, 3.63) is 24.5 Å². The number of aliphatic hydroxyl groups is 2. The van der Waals surface area contributed by atoms with E-state index in [4.69, 9.17) is 24.1 Å². The first-order chi connectivity index (χ1) is 12.3. The number of alkyl halides is 3. The zero-order chi connectivity index (χ0) is 18.9. The van der Waals surface area contributed by atoms with Crippen LogP contribution in [-0.2, 0) is 4.74 Å². The van der Waals surface area contributed by atoms with Gasteiger partial charge in [0.25, 0.3) is 0 Å². The van der Waals surface area contributed by atoms with Crippen LogP contribution in [-0.4, -0.2) is 54.4 Å². The molecule has 7 nitrogen and oxygen atoms in total. The molecule has 2 N–H and O–H groups in total. The molecule has 1 saturated heterocycles. The van der Waals surface area contributed by atoms with Gasteiger partial charge in [-0.25, -0.2) is 4.79 Å². The number of rotatable bonds is 6. The van der Waals surface area contributed by atoms with Crippen molar-refractivity contribution in [1.82, 2.24) is 0 Å². The minimum absolute atomic E-state index is 0.178. The summed E-state index contributed by atoms with van der Waals surface area (Å²) < 4.78 is 52.3. The summed E-state index contributed by atoms with van der Waals surface area (Å²) in [5.74, 6) is 0.269. The highest BCUT2D eigenvalue weighted by Crippen LogP contribution is 2.34. The predicted molar refractivity (Wildman–Crippen MR) is 83.1 cm³/mol. The third-order valence-electron chi connectivity index (χ3n) is 3.93. The van der Waals surface area contributed by atoms with E-state index in [9.17, 15) is 18.0 Å². The van der Waals surface area contributed by atoms with Crippen LogP contribution >= 0.6 is 0 Å². The Hall–Kier alpha value is -2.46. The van der Waals surface area contributed by atoms with Gasteiger partial charge in [0.2, 0.25) is 0 Å². The number of hydrogen-bond acceptors (Lipinski definition) is 6. The molecule has 2 aromatic rings. The number of furan rings is 1. The van der Waals surface area contributed by atoms with Crippen molar-refractivity contribution < 1.29 is 42.1 Å². The fraction of sp³-hybridized carbons (Fsp3) is 0.438. The van der Waals surface area contributed by atoms with Crippen molar-refractivity contribution in [2.45, 2.75) is 24.8 Å². The van der Waals surface area contributed by atoms with Gasteiger partial charge in [0.15, 0.2) is 6.10 Å². The number of carbonyl (C=O) groups excluding carboxylic acids is 1. The lowest BCUT2D eigenvalue weighted by atomic mass is 10.2. The molecular formula is C16H16F3NO6. The zero-order valence-electron chi connectivity index (χ0n) is 13.4. The lowest BCUT2D eigenvalue weighted by molar-refractivity contribution is -0.206. The fourth-order valence-electron chi connectivity index (χ4n) is 2.56. The highest BCUT2D eigenvalue weighted by Gasteiger charge is 2.37. The molecule has 1 aliphatic rings. The predicted octanol–water partition coefficient (Wildman–Crippen LogP) is 2.44. The van der Waals surface area contributed by atoms with Gasteiger partial charge in [-0.15, -0.1) is 0 Å². The summed E-state index contributed by atoms with van der Waals surface area (Å²) in [7, 11) is 0. The second-order valence-corrected chi connectivity index (χ2v) is 5.77. The Bertz CT molecular complexity index is 790. The van der Waals surface area contributed by atoms with Crippen LogP contribution in [0.1, 0.15) is 6.42 Å². The molecule has 0 radical (unpaired) electrons. The first-order valence-corrected chi connectivity index (χ1v) is 7.77. The van der Waals surface area contributed by atoms with E-state index in [1.54, 1.807) is 6.07 Å². The summed E-state index contributed by atoms with van der Waals surface area (Å²) in [5.41, 5.74) is 0.828. The maximum Gasteiger partial charge on any atom is 0.414 e. The van der Waals surface area contributed by atoms with Crippen molar-refractivity contribution in [3.8, 4) is 5.75 Å². The molecule has 1 aromatic carbocycles. The number of fused-ring (bicyclic) bond motifs is 1. The van der Waals surface area contributed by atoms with Crippen LogP contribution in [0.4, 0.5) is 23.7 Å². The van der Waals surface area contributed by atoms with Crippen LogP contribution in [0.5, 0.6) is 5.75 Å². The maximum atomic E-state index is 12.2. The summed E-state index contributed by atoms with van der Waals surface area (Å²) >= 11 is 0. The molecule has 1 aromatic heterocycles. The molecule has 1 fully saturated rings. The highest BCUT2D eigenvalue weighted by atomic mass is 19.4. The van der Waals surface area contributed by atoms with E-state index in [2.05, 4.69) is 0 Å². The molecule has 1 amide bonds. The summed E-state index contributed by atoms with van der Waals surface area (Å²) in [4.78, 5) is 13.2. The zero-order valence-corrected chi connectivity index (χ0v) is 13.4. The number of aliphatic hydroxyl groups excluding tert-OH is 2. The minimum atomic E-state index is -4.68. The van der Waals surface area contributed by atoms with E-state index < -0.39 is 30.9 Å². The molecule has 0 unspecified atom stereocenters. The number of nitrogens with zero attached hydrogens (tertiary/aromatic N) is 1. The quantitative estimate of drug-likeness (QED) is 0.806. The van der Waals surface area contributed by atoms with Crippen molar-refractivity contribution in [2.24, 2.45) is 0 Å². The van der Waals surface area contributed by atoms with Gasteiger partial charge in [-0.05, 0) is 12.1 Å². The number of hydrogen-bond donors (Lipinski definition) is 2. The Morgan fingerprint density at radius 1 is 1.38 bits per heavy atom. The fourth-order valence-corrected chi connectivity index (χ4v) is 2.56. The number of carbonyl (C=O) groups is 1. The molecule has 0 saturated carbocycles. The number of cyclic esters (lactones) is 1. The van der Waals surface area contributed by atoms with E-state index in [1.165, 1.54) is 23.3 Å². The van der Waals surface area contributed by atoms with Gasteiger partial charge in [-0.2, -0.15) is 13.2 Å². The second-order valence-electron chi connectivity index (χ2n) is 5.77. The molecule has 3 rings (SSSR count). The Balaban J connectivity index is 1.69. The average Bonchev–Trinajstić information content (AvgIpc) is 3.16. The van der Waals surface area contributed by atoms with Gasteiger partial charge in [-0.1, -0.05) is 0 Å². The van der Waals surface area contributed by atoms with Crippen LogP contribution in [0.2, 0.25) is 0 Å². The molecule has 10 heteroatoms. The third kappa shape index (κ3) is 3.70. The smallest absolute Gasteiger partial charge is 0.414 e. The second kappa shape index (κ2) is 7.04. The lowest BCUT2D eigenvalue weighted by Crippen LogP contribution is -2.30. The summed E-state index contributed by atoms with van der Waals surface area (Å²) in [6.07, 6.45) is -7.58. The molecule has 26 heavy (non-hydrogen) atoms. The maximum absolute atomic E-state index is 12.2. The van der Waals surface area contributed by atoms with Gasteiger partial charge in [0.05, 0.1) is 25.4 Å². The number of halogens is 3. The molecule has 1 aliphatic heterocycles. The Labute approximate surface area is 145 Å². The molecule has 2 heterocycles. The van der Waals surface area contributed by atoms with Gasteiger partial charge >= 0.3 is 12.3 Å². The summed E-state index contributed by atoms with van der Waals surface area (Å²) in [5, 5.41) is 18.6. The first kappa shape index (κ1) is 18.3. The number of anilines is 1. The Kier molecular flexibility index (Phi) is 4.97. The van der Waals surface area contributed by atoms with Crippen molar-refractivity contribution in [3.63, 3.8) is 0 Å². The van der Waals surface area contributed by atoms with Crippen LogP contribution in [0.15, 0.2) is 28.9 Å². The molecular weight excluding hydrogens is 359 g/mol. The summed E-state index contributed by atoms with van der Waals surface area (Å²) in [6, 6.07) is 4.60. The van der Waals surface area contributed by atoms with Crippen molar-refractivity contribution >= 4 is 22.7 Å². The molecule has 0 bridgehead atoms. The van der Waals surface area contributed by atoms with E-state index in [-0.39, 0.29) is 25.5 Å². The first-order valence-electron chi connectivity index (χ1n) is 7.77. The largest absolute Gasteiger partial charge is 0.493 e. The highest BCUT2D eigenvalue weighted by molar-refractivity contribution is 6.01. The van der Waals surface area contributed by atoms with Gasteiger partial charge < -0.3 is 24.1 Å². The van der Waals surface area contributed by atoms with Crippen molar-refractivity contribution in [2.75, 3.05) is 24.7 Å². The van der Waals surface area contributed by atoms with E-state index in [1.807, 2.05) is 0 Å². The summed E-state index contributed by atoms with van der Waals surface area (Å²) in [6.45, 7) is -0.437. The number of ether oxygens (including phenoxy) is 2. The van der Waals surface area contributed by atoms with Gasteiger partial charge in [0, 0.05) is 17.9 Å². The normalized spacial score (nSPS) is 19.0. The molecule has 142 valence electrons. The SMILES string of the molecule is O=C1O[C@H](CO)CN1c1coc2cc(OCC[C@@H](O)C(F)(F)F)ccc12. The minimum Gasteiger partial charge on any atom is -0.493 e.